The number of carbonyl (C=O) groups excluding carboxylic acids is 1. The lowest BCUT2D eigenvalue weighted by molar-refractivity contribution is 0.0953. The quantitative estimate of drug-likeness (QED) is 0.788. The number of hydrogen-bond donors (Lipinski definition) is 1. The Hall–Kier alpha value is -1.38. The Morgan fingerprint density at radius 3 is 2.57 bits per heavy atom. The second-order valence-electron chi connectivity index (χ2n) is 3.45. The van der Waals surface area contributed by atoms with Crippen LogP contribution < -0.4 is 5.32 Å². The van der Waals surface area contributed by atoms with Crippen LogP contribution >= 0.6 is 0 Å². The van der Waals surface area contributed by atoms with Gasteiger partial charge < -0.3 is 5.32 Å². The van der Waals surface area contributed by atoms with E-state index in [1.54, 1.807) is 24.5 Å². The maximum Gasteiger partial charge on any atom is 0.251 e. The van der Waals surface area contributed by atoms with Gasteiger partial charge in [-0.05, 0) is 24.5 Å². The van der Waals surface area contributed by atoms with Gasteiger partial charge in [0.15, 0.2) is 0 Å². The van der Waals surface area contributed by atoms with Crippen molar-refractivity contribution in [3.05, 3.63) is 36.0 Å². The van der Waals surface area contributed by atoms with E-state index in [1.807, 2.05) is 0 Å². The fourth-order valence-electron chi connectivity index (χ4n) is 1.03. The van der Waals surface area contributed by atoms with Gasteiger partial charge in [-0.3, -0.25) is 9.78 Å². The van der Waals surface area contributed by atoms with Gasteiger partial charge in [0, 0.05) is 24.5 Å². The van der Waals surface area contributed by atoms with Gasteiger partial charge in [0.05, 0.1) is 0 Å². The lowest BCUT2D eigenvalue weighted by Gasteiger charge is -2.06. The van der Waals surface area contributed by atoms with Crippen molar-refractivity contribution < 1.29 is 4.79 Å². The normalized spacial score (nSPS) is 10.2. The van der Waals surface area contributed by atoms with Gasteiger partial charge >= 0.3 is 0 Å². The Morgan fingerprint density at radius 1 is 1.36 bits per heavy atom. The van der Waals surface area contributed by atoms with E-state index in [9.17, 15) is 4.79 Å². The predicted molar refractivity (Wildman–Crippen MR) is 55.8 cm³/mol. The third-order valence-electron chi connectivity index (χ3n) is 1.85. The molecule has 3 nitrogen and oxygen atoms in total. The van der Waals surface area contributed by atoms with Crippen LogP contribution in [0.5, 0.6) is 0 Å². The number of pyridine rings is 1. The van der Waals surface area contributed by atoms with Crippen LogP contribution in [0.2, 0.25) is 0 Å². The molecule has 0 atom stereocenters. The number of nitrogens with zero attached hydrogens (tertiary/aromatic N) is 1. The highest BCUT2D eigenvalue weighted by Crippen LogP contribution is 2.00. The van der Waals surface area contributed by atoms with Gasteiger partial charge in [0.1, 0.15) is 0 Å². The van der Waals surface area contributed by atoms with Crippen LogP contribution in [0.25, 0.3) is 0 Å². The molecule has 0 fully saturated rings. The first-order valence-electron chi connectivity index (χ1n) is 4.67. The van der Waals surface area contributed by atoms with E-state index in [0.29, 0.717) is 12.1 Å². The molecule has 1 amide bonds. The summed E-state index contributed by atoms with van der Waals surface area (Å²) in [6, 6.07) is 3.41. The summed E-state index contributed by atoms with van der Waals surface area (Å²) >= 11 is 0. The SMILES string of the molecule is C[C](C)CCNC(=O)c1ccncc1. The van der Waals surface area contributed by atoms with Crippen LogP contribution in [0.15, 0.2) is 24.5 Å². The topological polar surface area (TPSA) is 42.0 Å². The van der Waals surface area contributed by atoms with E-state index in [2.05, 4.69) is 24.1 Å². The van der Waals surface area contributed by atoms with Crippen molar-refractivity contribution in [3.8, 4) is 0 Å². The molecule has 3 heteroatoms. The average molecular weight is 191 g/mol. The fraction of sp³-hybridized carbons (Fsp3) is 0.364. The van der Waals surface area contributed by atoms with Crippen LogP contribution in [0.1, 0.15) is 30.6 Å². The number of rotatable bonds is 4. The van der Waals surface area contributed by atoms with Crippen molar-refractivity contribution in [1.82, 2.24) is 10.3 Å². The summed E-state index contributed by atoms with van der Waals surface area (Å²) in [5, 5.41) is 2.84. The summed E-state index contributed by atoms with van der Waals surface area (Å²) in [7, 11) is 0. The number of carbonyl (C=O) groups is 1. The molecule has 0 aliphatic carbocycles. The molecule has 0 bridgehead atoms. The first-order valence-corrected chi connectivity index (χ1v) is 4.67. The fourth-order valence-corrected chi connectivity index (χ4v) is 1.03. The highest BCUT2D eigenvalue weighted by molar-refractivity contribution is 5.93. The lowest BCUT2D eigenvalue weighted by atomic mass is 10.1. The molecule has 0 saturated carbocycles. The summed E-state index contributed by atoms with van der Waals surface area (Å²) in [4.78, 5) is 15.3. The Bertz CT molecular complexity index is 283. The van der Waals surface area contributed by atoms with E-state index in [1.165, 1.54) is 5.92 Å². The minimum absolute atomic E-state index is 0.0337. The minimum atomic E-state index is -0.0337. The van der Waals surface area contributed by atoms with Gasteiger partial charge in [-0.15, -0.1) is 0 Å². The summed E-state index contributed by atoms with van der Waals surface area (Å²) in [6.07, 6.45) is 4.16. The zero-order chi connectivity index (χ0) is 10.4. The average Bonchev–Trinajstić information content (AvgIpc) is 2.18. The minimum Gasteiger partial charge on any atom is -0.352 e. The molecule has 1 N–H and O–H groups in total. The maximum absolute atomic E-state index is 11.5. The molecule has 0 unspecified atom stereocenters. The van der Waals surface area contributed by atoms with E-state index < -0.39 is 0 Å². The molecule has 0 aliphatic heterocycles. The predicted octanol–water partition coefficient (Wildman–Crippen LogP) is 1.82. The molecule has 14 heavy (non-hydrogen) atoms. The molecule has 0 aliphatic rings. The van der Waals surface area contributed by atoms with Gasteiger partial charge in [0.25, 0.3) is 5.91 Å². The number of nitrogens with one attached hydrogen (secondary N) is 1. The monoisotopic (exact) mass is 191 g/mol. The van der Waals surface area contributed by atoms with Crippen molar-refractivity contribution in [1.29, 1.82) is 0 Å². The van der Waals surface area contributed by atoms with Crippen molar-refractivity contribution in [2.75, 3.05) is 6.54 Å². The van der Waals surface area contributed by atoms with Crippen LogP contribution in [0.4, 0.5) is 0 Å². The molecule has 75 valence electrons. The van der Waals surface area contributed by atoms with Crippen LogP contribution in [0.3, 0.4) is 0 Å². The molecule has 0 saturated heterocycles. The van der Waals surface area contributed by atoms with E-state index in [0.717, 1.165) is 6.42 Å². The lowest BCUT2D eigenvalue weighted by Crippen LogP contribution is -2.24. The molecule has 1 heterocycles. The molecule has 0 aromatic carbocycles. The number of hydrogen-bond acceptors (Lipinski definition) is 2. The van der Waals surface area contributed by atoms with Crippen LogP contribution in [-0.4, -0.2) is 17.4 Å². The Kier molecular flexibility index (Phi) is 4.11. The Morgan fingerprint density at radius 2 is 2.00 bits per heavy atom. The smallest absolute Gasteiger partial charge is 0.251 e. The van der Waals surface area contributed by atoms with E-state index in [4.69, 9.17) is 0 Å². The second-order valence-corrected chi connectivity index (χ2v) is 3.45. The van der Waals surface area contributed by atoms with Crippen LogP contribution in [-0.2, 0) is 0 Å². The Labute approximate surface area is 84.6 Å². The first kappa shape index (κ1) is 10.7. The van der Waals surface area contributed by atoms with Crippen LogP contribution in [0, 0.1) is 5.92 Å². The summed E-state index contributed by atoms with van der Waals surface area (Å²) in [5.74, 6) is 1.29. The Balaban J connectivity index is 2.36. The number of amides is 1. The van der Waals surface area contributed by atoms with Crippen molar-refractivity contribution in [2.24, 2.45) is 0 Å². The van der Waals surface area contributed by atoms with Crippen molar-refractivity contribution >= 4 is 5.91 Å². The second kappa shape index (κ2) is 5.37. The largest absolute Gasteiger partial charge is 0.352 e. The van der Waals surface area contributed by atoms with Gasteiger partial charge in [0.2, 0.25) is 0 Å². The summed E-state index contributed by atoms with van der Waals surface area (Å²) in [5.41, 5.74) is 0.661. The summed E-state index contributed by atoms with van der Waals surface area (Å²) in [6.45, 7) is 4.81. The van der Waals surface area contributed by atoms with Gasteiger partial charge in [-0.25, -0.2) is 0 Å². The molecule has 1 rings (SSSR count). The van der Waals surface area contributed by atoms with E-state index in [-0.39, 0.29) is 5.91 Å². The third-order valence-corrected chi connectivity index (χ3v) is 1.85. The number of aromatic nitrogens is 1. The molecule has 1 radical (unpaired) electrons. The zero-order valence-corrected chi connectivity index (χ0v) is 8.58. The maximum atomic E-state index is 11.5. The first-order chi connectivity index (χ1) is 6.70. The zero-order valence-electron chi connectivity index (χ0n) is 8.58. The molecular weight excluding hydrogens is 176 g/mol. The van der Waals surface area contributed by atoms with E-state index >= 15 is 0 Å². The van der Waals surface area contributed by atoms with Crippen molar-refractivity contribution in [2.45, 2.75) is 20.3 Å². The summed E-state index contributed by atoms with van der Waals surface area (Å²) < 4.78 is 0. The molecular formula is C11H15N2O. The molecule has 1 aromatic rings. The highest BCUT2D eigenvalue weighted by atomic mass is 16.1. The highest BCUT2D eigenvalue weighted by Gasteiger charge is 2.03. The molecule has 1 aromatic heterocycles. The standard InChI is InChI=1S/C11H15N2O/c1-9(2)3-8-13-11(14)10-4-6-12-7-5-10/h4-7H,3,8H2,1-2H3,(H,13,14). The van der Waals surface area contributed by atoms with Crippen molar-refractivity contribution in [3.63, 3.8) is 0 Å². The van der Waals surface area contributed by atoms with Gasteiger partial charge in [-0.1, -0.05) is 13.8 Å². The van der Waals surface area contributed by atoms with Gasteiger partial charge in [-0.2, -0.15) is 0 Å². The molecule has 0 spiro atoms. The third kappa shape index (κ3) is 3.56.